The van der Waals surface area contributed by atoms with E-state index < -0.39 is 0 Å². The third kappa shape index (κ3) is 5.09. The van der Waals surface area contributed by atoms with Crippen molar-refractivity contribution in [2.45, 2.75) is 70.3 Å². The number of ether oxygens (including phenoxy) is 1. The Balaban J connectivity index is 1.44. The summed E-state index contributed by atoms with van der Waals surface area (Å²) < 4.78 is 5.18. The van der Waals surface area contributed by atoms with Gasteiger partial charge in [-0.1, -0.05) is 50.7 Å². The van der Waals surface area contributed by atoms with E-state index >= 15 is 0 Å². The molecule has 19 heavy (non-hydrogen) atoms. The fraction of sp³-hybridized carbons (Fsp3) is 0.867. The number of hydrogen-bond donors (Lipinski definition) is 1. The van der Waals surface area contributed by atoms with E-state index in [1.54, 1.807) is 0 Å². The Hall–Kier alpha value is -0.640. The van der Waals surface area contributed by atoms with E-state index in [-0.39, 0.29) is 12.1 Å². The van der Waals surface area contributed by atoms with E-state index in [1.165, 1.54) is 44.9 Å². The zero-order valence-corrected chi connectivity index (χ0v) is 12.5. The monoisotopic (exact) mass is 283 g/mol. The summed E-state index contributed by atoms with van der Waals surface area (Å²) in [7, 11) is 0. The molecular formula is C15H25NO2S. The fourth-order valence-electron chi connectivity index (χ4n) is 2.92. The SMILES string of the molecule is O=C(N[C@H]1CCC1=S)OCCCCC1CCCCC1. The molecule has 2 saturated carbocycles. The maximum absolute atomic E-state index is 11.5. The van der Waals surface area contributed by atoms with Gasteiger partial charge >= 0.3 is 6.09 Å². The minimum atomic E-state index is -0.301. The van der Waals surface area contributed by atoms with Crippen molar-refractivity contribution in [1.82, 2.24) is 5.32 Å². The summed E-state index contributed by atoms with van der Waals surface area (Å²) in [5, 5.41) is 2.80. The van der Waals surface area contributed by atoms with Gasteiger partial charge < -0.3 is 10.1 Å². The lowest BCUT2D eigenvalue weighted by molar-refractivity contribution is 0.140. The summed E-state index contributed by atoms with van der Waals surface area (Å²) in [6, 6.07) is 0.0877. The van der Waals surface area contributed by atoms with Gasteiger partial charge in [-0.2, -0.15) is 0 Å². The number of alkyl carbamates (subject to hydrolysis) is 1. The average Bonchev–Trinajstić information content (AvgIpc) is 2.44. The molecule has 1 N–H and O–H groups in total. The van der Waals surface area contributed by atoms with Gasteiger partial charge in [-0.15, -0.1) is 0 Å². The van der Waals surface area contributed by atoms with Crippen molar-refractivity contribution < 1.29 is 9.53 Å². The van der Waals surface area contributed by atoms with Crippen LogP contribution in [0.3, 0.4) is 0 Å². The van der Waals surface area contributed by atoms with Crippen molar-refractivity contribution >= 4 is 23.2 Å². The Kier molecular flexibility index (Phi) is 6.08. The van der Waals surface area contributed by atoms with Gasteiger partial charge in [0.05, 0.1) is 12.6 Å². The molecule has 0 saturated heterocycles. The number of unbranched alkanes of at least 4 members (excludes halogenated alkanes) is 1. The van der Waals surface area contributed by atoms with Crippen LogP contribution >= 0.6 is 12.2 Å². The molecule has 0 bridgehead atoms. The highest BCUT2D eigenvalue weighted by Crippen LogP contribution is 2.27. The van der Waals surface area contributed by atoms with Crippen LogP contribution in [0, 0.1) is 5.92 Å². The predicted octanol–water partition coefficient (Wildman–Crippen LogP) is 4.00. The summed E-state index contributed by atoms with van der Waals surface area (Å²) in [4.78, 5) is 12.4. The van der Waals surface area contributed by atoms with Crippen LogP contribution in [0.1, 0.15) is 64.2 Å². The molecule has 4 heteroatoms. The number of amides is 1. The molecule has 1 atom stereocenters. The maximum Gasteiger partial charge on any atom is 0.407 e. The molecule has 108 valence electrons. The Morgan fingerprint density at radius 3 is 2.63 bits per heavy atom. The lowest BCUT2D eigenvalue weighted by Crippen LogP contribution is -2.46. The van der Waals surface area contributed by atoms with Crippen molar-refractivity contribution in [2.75, 3.05) is 6.61 Å². The van der Waals surface area contributed by atoms with E-state index in [4.69, 9.17) is 17.0 Å². The molecule has 0 radical (unpaired) electrons. The van der Waals surface area contributed by atoms with Gasteiger partial charge in [-0.25, -0.2) is 4.79 Å². The Morgan fingerprint density at radius 2 is 2.00 bits per heavy atom. The normalized spacial score (nSPS) is 23.8. The first-order valence-electron chi connectivity index (χ1n) is 7.71. The number of hydrogen-bond acceptors (Lipinski definition) is 3. The highest BCUT2D eigenvalue weighted by Gasteiger charge is 2.25. The van der Waals surface area contributed by atoms with E-state index in [1.807, 2.05) is 0 Å². The van der Waals surface area contributed by atoms with Gasteiger partial charge in [0.1, 0.15) is 0 Å². The van der Waals surface area contributed by atoms with Gasteiger partial charge in [-0.05, 0) is 31.6 Å². The van der Waals surface area contributed by atoms with Crippen molar-refractivity contribution in [1.29, 1.82) is 0 Å². The molecule has 0 aromatic rings. The zero-order valence-electron chi connectivity index (χ0n) is 11.7. The average molecular weight is 283 g/mol. The summed E-state index contributed by atoms with van der Waals surface area (Å²) in [5.41, 5.74) is 0. The molecule has 0 aromatic heterocycles. The largest absolute Gasteiger partial charge is 0.450 e. The maximum atomic E-state index is 11.5. The Morgan fingerprint density at radius 1 is 1.21 bits per heavy atom. The van der Waals surface area contributed by atoms with Crippen molar-refractivity contribution in [3.63, 3.8) is 0 Å². The van der Waals surface area contributed by atoms with Crippen LogP contribution in [-0.2, 0) is 4.74 Å². The van der Waals surface area contributed by atoms with Gasteiger partial charge in [0.2, 0.25) is 0 Å². The van der Waals surface area contributed by atoms with Crippen LogP contribution < -0.4 is 5.32 Å². The lowest BCUT2D eigenvalue weighted by atomic mass is 9.86. The molecule has 2 rings (SSSR count). The standard InChI is InChI=1S/C15H25NO2S/c17-15(16-13-9-10-14(13)19)18-11-5-4-8-12-6-2-1-3-7-12/h12-13H,1-11H2,(H,16,17)/t13-/m0/s1. The number of nitrogens with one attached hydrogen (secondary N) is 1. The van der Waals surface area contributed by atoms with Gasteiger partial charge in [0.15, 0.2) is 0 Å². The molecule has 0 spiro atoms. The first-order valence-corrected chi connectivity index (χ1v) is 8.12. The van der Waals surface area contributed by atoms with Crippen molar-refractivity contribution in [3.8, 4) is 0 Å². The highest BCUT2D eigenvalue weighted by atomic mass is 32.1. The molecular weight excluding hydrogens is 258 g/mol. The third-order valence-electron chi connectivity index (χ3n) is 4.32. The summed E-state index contributed by atoms with van der Waals surface area (Å²) in [6.07, 6.45) is 12.1. The van der Waals surface area contributed by atoms with Gasteiger partial charge in [0, 0.05) is 4.86 Å². The van der Waals surface area contributed by atoms with Gasteiger partial charge in [0.25, 0.3) is 0 Å². The molecule has 2 aliphatic rings. The molecule has 2 fully saturated rings. The van der Waals surface area contributed by atoms with Crippen LogP contribution in [0.4, 0.5) is 4.79 Å². The van der Waals surface area contributed by atoms with E-state index in [2.05, 4.69) is 5.32 Å². The molecule has 0 heterocycles. The second kappa shape index (κ2) is 7.83. The van der Waals surface area contributed by atoms with E-state index in [0.29, 0.717) is 6.61 Å². The van der Waals surface area contributed by atoms with Crippen molar-refractivity contribution in [2.24, 2.45) is 5.92 Å². The zero-order chi connectivity index (χ0) is 13.5. The summed E-state index contributed by atoms with van der Waals surface area (Å²) in [5.74, 6) is 0.926. The summed E-state index contributed by atoms with van der Waals surface area (Å²) >= 11 is 5.08. The van der Waals surface area contributed by atoms with Gasteiger partial charge in [-0.3, -0.25) is 0 Å². The summed E-state index contributed by atoms with van der Waals surface area (Å²) in [6.45, 7) is 0.540. The molecule has 0 aromatic carbocycles. The van der Waals surface area contributed by atoms with Crippen LogP contribution in [0.15, 0.2) is 0 Å². The molecule has 3 nitrogen and oxygen atoms in total. The van der Waals surface area contributed by atoms with Crippen LogP contribution in [-0.4, -0.2) is 23.6 Å². The minimum Gasteiger partial charge on any atom is -0.450 e. The van der Waals surface area contributed by atoms with E-state index in [0.717, 1.165) is 30.0 Å². The first kappa shape index (κ1) is 14.8. The quantitative estimate of drug-likeness (QED) is 0.591. The number of thiocarbonyl (C=S) groups is 1. The first-order chi connectivity index (χ1) is 9.25. The molecule has 0 unspecified atom stereocenters. The molecule has 0 aliphatic heterocycles. The Labute approximate surface area is 121 Å². The lowest BCUT2D eigenvalue weighted by Gasteiger charge is -2.27. The second-order valence-corrected chi connectivity index (χ2v) is 6.36. The smallest absolute Gasteiger partial charge is 0.407 e. The highest BCUT2D eigenvalue weighted by molar-refractivity contribution is 7.80. The number of carbonyl (C=O) groups excluding carboxylic acids is 1. The Bertz CT molecular complexity index is 313. The molecule has 1 amide bonds. The topological polar surface area (TPSA) is 38.3 Å². The fourth-order valence-corrected chi connectivity index (χ4v) is 3.21. The third-order valence-corrected chi connectivity index (χ3v) is 4.81. The second-order valence-electron chi connectivity index (χ2n) is 5.84. The number of rotatable bonds is 6. The predicted molar refractivity (Wildman–Crippen MR) is 80.5 cm³/mol. The van der Waals surface area contributed by atoms with Crippen LogP contribution in [0.25, 0.3) is 0 Å². The van der Waals surface area contributed by atoms with Crippen LogP contribution in [0.2, 0.25) is 0 Å². The number of carbonyl (C=O) groups is 1. The molecule has 2 aliphatic carbocycles. The van der Waals surface area contributed by atoms with Crippen molar-refractivity contribution in [3.05, 3.63) is 0 Å². The van der Waals surface area contributed by atoms with E-state index in [9.17, 15) is 4.79 Å². The minimum absolute atomic E-state index is 0.0877. The van der Waals surface area contributed by atoms with Crippen LogP contribution in [0.5, 0.6) is 0 Å².